The van der Waals surface area contributed by atoms with Crippen molar-refractivity contribution in [2.24, 2.45) is 0 Å². The molecule has 0 atom stereocenters. The number of aromatic nitrogens is 2. The molecule has 1 N–H and O–H groups in total. The Balaban J connectivity index is 2.04. The van der Waals surface area contributed by atoms with E-state index in [1.807, 2.05) is 0 Å². The zero-order valence-electron chi connectivity index (χ0n) is 14.9. The molecule has 0 saturated carbocycles. The number of nitrogens with zero attached hydrogens (tertiary/aromatic N) is 3. The molecule has 2 heterocycles. The molecular formula is C18H21N3O5. The Morgan fingerprint density at radius 2 is 1.77 bits per heavy atom. The Labute approximate surface area is 150 Å². The lowest BCUT2D eigenvalue weighted by molar-refractivity contribution is 0.0195. The molecule has 0 unspecified atom stereocenters. The van der Waals surface area contributed by atoms with Crippen LogP contribution in [0.25, 0.3) is 5.69 Å². The fraction of sp³-hybridized carbons (Fsp3) is 0.389. The molecule has 8 nitrogen and oxygen atoms in total. The van der Waals surface area contributed by atoms with Gasteiger partial charge in [-0.15, -0.1) is 0 Å². The number of imidazole rings is 1. The summed E-state index contributed by atoms with van der Waals surface area (Å²) in [5.41, 5.74) is -0.439. The molecule has 0 fully saturated rings. The smallest absolute Gasteiger partial charge is 0.410 e. The average molecular weight is 359 g/mol. The highest BCUT2D eigenvalue weighted by Gasteiger charge is 2.33. The number of hydrogen-bond donors (Lipinski definition) is 1. The molecule has 1 amide bonds. The summed E-state index contributed by atoms with van der Waals surface area (Å²) in [7, 11) is 0. The average Bonchev–Trinajstić information content (AvgIpc) is 2.86. The number of hydrogen-bond acceptors (Lipinski definition) is 4. The van der Waals surface area contributed by atoms with Gasteiger partial charge < -0.3 is 14.7 Å². The van der Waals surface area contributed by atoms with E-state index in [1.165, 1.54) is 14.0 Å². The Kier molecular flexibility index (Phi) is 4.35. The Morgan fingerprint density at radius 1 is 1.12 bits per heavy atom. The minimum absolute atomic E-state index is 0.00558. The van der Waals surface area contributed by atoms with Gasteiger partial charge in [-0.2, -0.15) is 0 Å². The van der Waals surface area contributed by atoms with Crippen molar-refractivity contribution >= 4 is 12.1 Å². The molecule has 0 aliphatic carbocycles. The monoisotopic (exact) mass is 359 g/mol. The summed E-state index contributed by atoms with van der Waals surface area (Å²) in [6, 6.07) is 8.60. The third-order valence-corrected chi connectivity index (χ3v) is 4.05. The van der Waals surface area contributed by atoms with Crippen molar-refractivity contribution < 1.29 is 19.4 Å². The van der Waals surface area contributed by atoms with E-state index in [4.69, 9.17) is 4.74 Å². The SMILES string of the molecule is CC(C)(C)OC(=O)N1CCn2c(c(C(=O)O)n(-c3ccccc3)c2=O)C1. The van der Waals surface area contributed by atoms with Crippen LogP contribution in [0.2, 0.25) is 0 Å². The van der Waals surface area contributed by atoms with Crippen LogP contribution in [-0.4, -0.2) is 43.3 Å². The molecule has 0 spiro atoms. The molecule has 0 saturated heterocycles. The summed E-state index contributed by atoms with van der Waals surface area (Å²) < 4.78 is 7.95. The fourth-order valence-corrected chi connectivity index (χ4v) is 2.98. The molecule has 1 aromatic carbocycles. The van der Waals surface area contributed by atoms with Gasteiger partial charge >= 0.3 is 17.8 Å². The van der Waals surface area contributed by atoms with E-state index in [2.05, 4.69) is 0 Å². The Hall–Kier alpha value is -3.03. The Bertz CT molecular complexity index is 905. The van der Waals surface area contributed by atoms with E-state index >= 15 is 0 Å². The van der Waals surface area contributed by atoms with Gasteiger partial charge in [0, 0.05) is 13.1 Å². The summed E-state index contributed by atoms with van der Waals surface area (Å²) in [5, 5.41) is 9.70. The lowest BCUT2D eigenvalue weighted by atomic mass is 10.2. The number of aromatic carboxylic acids is 1. The molecule has 0 bridgehead atoms. The maximum atomic E-state index is 12.8. The van der Waals surface area contributed by atoms with Crippen molar-refractivity contribution in [1.82, 2.24) is 14.0 Å². The minimum atomic E-state index is -1.22. The third kappa shape index (κ3) is 3.22. The molecule has 138 valence electrons. The van der Waals surface area contributed by atoms with E-state index in [0.717, 1.165) is 0 Å². The first-order valence-electron chi connectivity index (χ1n) is 8.30. The number of para-hydroxylation sites is 1. The van der Waals surface area contributed by atoms with Crippen LogP contribution < -0.4 is 5.69 Å². The maximum Gasteiger partial charge on any atom is 0.410 e. The van der Waals surface area contributed by atoms with E-state index in [0.29, 0.717) is 11.4 Å². The van der Waals surface area contributed by atoms with Crippen molar-refractivity contribution in [3.05, 3.63) is 52.2 Å². The molecule has 8 heteroatoms. The highest BCUT2D eigenvalue weighted by atomic mass is 16.6. The van der Waals surface area contributed by atoms with Gasteiger partial charge in [-0.05, 0) is 32.9 Å². The fourth-order valence-electron chi connectivity index (χ4n) is 2.98. The van der Waals surface area contributed by atoms with Crippen molar-refractivity contribution in [2.75, 3.05) is 6.54 Å². The first kappa shape index (κ1) is 17.8. The molecule has 0 radical (unpaired) electrons. The first-order valence-corrected chi connectivity index (χ1v) is 8.30. The third-order valence-electron chi connectivity index (χ3n) is 4.05. The van der Waals surface area contributed by atoms with Crippen LogP contribution in [0, 0.1) is 0 Å². The predicted molar refractivity (Wildman–Crippen MR) is 93.6 cm³/mol. The maximum absolute atomic E-state index is 12.8. The quantitative estimate of drug-likeness (QED) is 0.886. The van der Waals surface area contributed by atoms with Gasteiger partial charge in [0.15, 0.2) is 5.69 Å². The largest absolute Gasteiger partial charge is 0.477 e. The highest BCUT2D eigenvalue weighted by Crippen LogP contribution is 2.21. The van der Waals surface area contributed by atoms with Gasteiger partial charge in [0.2, 0.25) is 0 Å². The van der Waals surface area contributed by atoms with Crippen LogP contribution in [0.4, 0.5) is 4.79 Å². The lowest BCUT2D eigenvalue weighted by Gasteiger charge is -2.30. The van der Waals surface area contributed by atoms with Gasteiger partial charge in [-0.25, -0.2) is 14.4 Å². The predicted octanol–water partition coefficient (Wildman–Crippen LogP) is 2.09. The van der Waals surface area contributed by atoms with Crippen LogP contribution in [-0.2, 0) is 17.8 Å². The summed E-state index contributed by atoms with van der Waals surface area (Å²) in [5.74, 6) is -1.22. The second-order valence-corrected chi connectivity index (χ2v) is 7.11. The van der Waals surface area contributed by atoms with E-state index in [1.54, 1.807) is 51.1 Å². The van der Waals surface area contributed by atoms with E-state index < -0.39 is 23.4 Å². The second kappa shape index (κ2) is 6.36. The summed E-state index contributed by atoms with van der Waals surface area (Å²) in [4.78, 5) is 38.4. The van der Waals surface area contributed by atoms with Crippen molar-refractivity contribution in [2.45, 2.75) is 39.5 Å². The molecule has 26 heavy (non-hydrogen) atoms. The number of benzene rings is 1. The van der Waals surface area contributed by atoms with Crippen molar-refractivity contribution in [3.63, 3.8) is 0 Å². The van der Waals surface area contributed by atoms with Gasteiger partial charge in [0.1, 0.15) is 5.60 Å². The van der Waals surface area contributed by atoms with Crippen molar-refractivity contribution in [1.29, 1.82) is 0 Å². The number of ether oxygens (including phenoxy) is 1. The van der Waals surface area contributed by atoms with E-state index in [9.17, 15) is 19.5 Å². The van der Waals surface area contributed by atoms with Crippen molar-refractivity contribution in [3.8, 4) is 5.69 Å². The Morgan fingerprint density at radius 3 is 2.35 bits per heavy atom. The van der Waals surface area contributed by atoms with Crippen LogP contribution in [0.5, 0.6) is 0 Å². The van der Waals surface area contributed by atoms with Crippen LogP contribution in [0.3, 0.4) is 0 Å². The van der Waals surface area contributed by atoms with Crippen LogP contribution >= 0.6 is 0 Å². The number of amides is 1. The van der Waals surface area contributed by atoms with Crippen LogP contribution in [0.15, 0.2) is 35.1 Å². The topological polar surface area (TPSA) is 93.8 Å². The standard InChI is InChI=1S/C18H21N3O5/c1-18(2,3)26-17(25)19-9-10-20-13(11-19)14(15(22)23)21(16(20)24)12-7-5-4-6-8-12/h4-8H,9-11H2,1-3H3,(H,22,23). The molecule has 1 aromatic heterocycles. The van der Waals surface area contributed by atoms with Gasteiger partial charge in [0.05, 0.1) is 17.9 Å². The molecule has 1 aliphatic heterocycles. The number of carboxylic acid groups (broad SMARTS) is 1. The lowest BCUT2D eigenvalue weighted by Crippen LogP contribution is -2.43. The highest BCUT2D eigenvalue weighted by molar-refractivity contribution is 5.88. The van der Waals surface area contributed by atoms with Gasteiger partial charge in [-0.1, -0.05) is 18.2 Å². The number of fused-ring (bicyclic) bond motifs is 1. The summed E-state index contributed by atoms with van der Waals surface area (Å²) in [6.07, 6.45) is -0.528. The molecule has 2 aromatic rings. The first-order chi connectivity index (χ1) is 12.2. The van der Waals surface area contributed by atoms with Crippen LogP contribution in [0.1, 0.15) is 37.0 Å². The van der Waals surface area contributed by atoms with Gasteiger partial charge in [-0.3, -0.25) is 9.13 Å². The molecular weight excluding hydrogens is 338 g/mol. The van der Waals surface area contributed by atoms with Gasteiger partial charge in [0.25, 0.3) is 0 Å². The summed E-state index contributed by atoms with van der Waals surface area (Å²) in [6.45, 7) is 5.79. The van der Waals surface area contributed by atoms with E-state index in [-0.39, 0.29) is 25.3 Å². The number of carbonyl (C=O) groups excluding carboxylic acids is 1. The minimum Gasteiger partial charge on any atom is -0.477 e. The molecule has 3 rings (SSSR count). The number of rotatable bonds is 2. The zero-order chi connectivity index (χ0) is 19.1. The second-order valence-electron chi connectivity index (χ2n) is 7.11. The normalized spacial score (nSPS) is 14.0. The number of carbonyl (C=O) groups is 2. The summed E-state index contributed by atoms with van der Waals surface area (Å²) >= 11 is 0. The zero-order valence-corrected chi connectivity index (χ0v) is 14.9. The molecule has 1 aliphatic rings. The number of carboxylic acids is 1.